The number of aryl methyl sites for hydroxylation is 1. The van der Waals surface area contributed by atoms with E-state index in [1.165, 1.54) is 11.3 Å². The molecular formula is C17H18N4OS. The fourth-order valence-corrected chi connectivity index (χ4v) is 3.01. The monoisotopic (exact) mass is 326 g/mol. The number of hydrogen-bond donors (Lipinski definition) is 1. The van der Waals surface area contributed by atoms with Gasteiger partial charge in [-0.3, -0.25) is 4.79 Å². The zero-order valence-electron chi connectivity index (χ0n) is 12.9. The van der Waals surface area contributed by atoms with E-state index in [2.05, 4.69) is 22.3 Å². The molecule has 0 aliphatic heterocycles. The van der Waals surface area contributed by atoms with Crippen LogP contribution in [0.15, 0.2) is 48.8 Å². The molecule has 118 valence electrons. The summed E-state index contributed by atoms with van der Waals surface area (Å²) in [5, 5.41) is 8.00. The van der Waals surface area contributed by atoms with Crippen LogP contribution >= 0.6 is 11.3 Å². The number of rotatable bonds is 6. The first kappa shape index (κ1) is 15.4. The van der Waals surface area contributed by atoms with Crippen LogP contribution < -0.4 is 5.32 Å². The summed E-state index contributed by atoms with van der Waals surface area (Å²) >= 11 is 1.39. The predicted octanol–water partition coefficient (Wildman–Crippen LogP) is 4.06. The van der Waals surface area contributed by atoms with Crippen LogP contribution in [0.1, 0.15) is 29.4 Å². The number of amides is 1. The lowest BCUT2D eigenvalue weighted by Gasteiger charge is -2.07. The van der Waals surface area contributed by atoms with Crippen LogP contribution in [-0.4, -0.2) is 20.7 Å². The minimum absolute atomic E-state index is 0.150. The smallest absolute Gasteiger partial charge is 0.268 e. The van der Waals surface area contributed by atoms with Crippen molar-refractivity contribution >= 4 is 23.1 Å². The quantitative estimate of drug-likeness (QED) is 0.743. The second kappa shape index (κ2) is 7.19. The number of carbonyl (C=O) groups excluding carboxylic acids is 1. The van der Waals surface area contributed by atoms with E-state index < -0.39 is 0 Å². The number of hydrogen-bond acceptors (Lipinski definition) is 4. The van der Waals surface area contributed by atoms with Gasteiger partial charge in [-0.25, -0.2) is 9.67 Å². The van der Waals surface area contributed by atoms with Crippen molar-refractivity contribution in [1.29, 1.82) is 0 Å². The van der Waals surface area contributed by atoms with Crippen molar-refractivity contribution in [3.05, 3.63) is 53.7 Å². The molecule has 0 aliphatic rings. The topological polar surface area (TPSA) is 59.8 Å². The SMILES string of the molecule is CCCCn1nccc1NC(=O)c1cnc(-c2ccccc2)s1. The third-order valence-corrected chi connectivity index (χ3v) is 4.48. The first-order valence-corrected chi connectivity index (χ1v) is 8.44. The van der Waals surface area contributed by atoms with Crippen molar-refractivity contribution in [3.63, 3.8) is 0 Å². The van der Waals surface area contributed by atoms with Gasteiger partial charge in [0.1, 0.15) is 15.7 Å². The molecule has 23 heavy (non-hydrogen) atoms. The Morgan fingerprint density at radius 2 is 2.09 bits per heavy atom. The lowest BCUT2D eigenvalue weighted by Crippen LogP contribution is -2.14. The number of aromatic nitrogens is 3. The predicted molar refractivity (Wildman–Crippen MR) is 92.6 cm³/mol. The molecule has 1 aromatic carbocycles. The molecule has 2 heterocycles. The summed E-state index contributed by atoms with van der Waals surface area (Å²) in [4.78, 5) is 17.3. The average Bonchev–Trinajstić information content (AvgIpc) is 3.23. The number of anilines is 1. The molecule has 0 aliphatic carbocycles. The van der Waals surface area contributed by atoms with Crippen LogP contribution in [0.4, 0.5) is 5.82 Å². The van der Waals surface area contributed by atoms with Gasteiger partial charge in [0.2, 0.25) is 0 Å². The lowest BCUT2D eigenvalue weighted by molar-refractivity contribution is 0.102. The minimum Gasteiger partial charge on any atom is -0.306 e. The van der Waals surface area contributed by atoms with E-state index in [0.717, 1.165) is 35.8 Å². The Hall–Kier alpha value is -2.47. The molecule has 0 unspecified atom stereocenters. The van der Waals surface area contributed by atoms with Gasteiger partial charge in [0.25, 0.3) is 5.91 Å². The van der Waals surface area contributed by atoms with E-state index in [1.54, 1.807) is 12.4 Å². The first-order chi connectivity index (χ1) is 11.3. The molecule has 0 fully saturated rings. The summed E-state index contributed by atoms with van der Waals surface area (Å²) in [5.41, 5.74) is 1.02. The standard InChI is InChI=1S/C17H18N4OS/c1-2-3-11-21-15(9-10-19-21)20-16(22)14-12-18-17(23-14)13-7-5-4-6-8-13/h4-10,12H,2-3,11H2,1H3,(H,20,22). The lowest BCUT2D eigenvalue weighted by atomic mass is 10.2. The second-order valence-corrected chi connectivity index (χ2v) is 6.17. The van der Waals surface area contributed by atoms with E-state index >= 15 is 0 Å². The van der Waals surface area contributed by atoms with Crippen molar-refractivity contribution < 1.29 is 4.79 Å². The molecule has 3 rings (SSSR count). The van der Waals surface area contributed by atoms with Crippen LogP contribution in [0, 0.1) is 0 Å². The van der Waals surface area contributed by atoms with Gasteiger partial charge < -0.3 is 5.32 Å². The average molecular weight is 326 g/mol. The molecule has 5 nitrogen and oxygen atoms in total. The van der Waals surface area contributed by atoms with Gasteiger partial charge in [-0.2, -0.15) is 5.10 Å². The van der Waals surface area contributed by atoms with Crippen LogP contribution in [0.25, 0.3) is 10.6 Å². The first-order valence-electron chi connectivity index (χ1n) is 7.62. The summed E-state index contributed by atoms with van der Waals surface area (Å²) in [6.45, 7) is 2.93. The zero-order chi connectivity index (χ0) is 16.1. The van der Waals surface area contributed by atoms with Crippen molar-refractivity contribution in [2.75, 3.05) is 5.32 Å². The second-order valence-electron chi connectivity index (χ2n) is 5.14. The molecular weight excluding hydrogens is 308 g/mol. The molecule has 0 saturated carbocycles. The third kappa shape index (κ3) is 3.65. The molecule has 1 amide bonds. The number of nitrogens with zero attached hydrogens (tertiary/aromatic N) is 3. The summed E-state index contributed by atoms with van der Waals surface area (Å²) in [5.74, 6) is 0.570. The van der Waals surface area contributed by atoms with Gasteiger partial charge in [-0.15, -0.1) is 11.3 Å². The Balaban J connectivity index is 1.72. The maximum absolute atomic E-state index is 12.4. The molecule has 6 heteroatoms. The van der Waals surface area contributed by atoms with E-state index in [1.807, 2.05) is 41.1 Å². The summed E-state index contributed by atoms with van der Waals surface area (Å²) in [6.07, 6.45) is 5.44. The van der Waals surface area contributed by atoms with E-state index in [0.29, 0.717) is 4.88 Å². The maximum Gasteiger partial charge on any atom is 0.268 e. The van der Waals surface area contributed by atoms with Crippen molar-refractivity contribution in [2.45, 2.75) is 26.3 Å². The molecule has 0 spiro atoms. The zero-order valence-corrected chi connectivity index (χ0v) is 13.7. The Kier molecular flexibility index (Phi) is 4.83. The Morgan fingerprint density at radius 3 is 2.87 bits per heavy atom. The molecule has 2 aromatic heterocycles. The van der Waals surface area contributed by atoms with Crippen LogP contribution in [0.5, 0.6) is 0 Å². The van der Waals surface area contributed by atoms with Crippen LogP contribution in [-0.2, 0) is 6.54 Å². The van der Waals surface area contributed by atoms with Crippen LogP contribution in [0.2, 0.25) is 0 Å². The summed E-state index contributed by atoms with van der Waals surface area (Å²) in [6, 6.07) is 11.7. The van der Waals surface area contributed by atoms with Gasteiger partial charge in [0, 0.05) is 18.2 Å². The Bertz CT molecular complexity index is 779. The third-order valence-electron chi connectivity index (χ3n) is 3.43. The highest BCUT2D eigenvalue weighted by Gasteiger charge is 2.13. The van der Waals surface area contributed by atoms with E-state index in [-0.39, 0.29) is 5.91 Å². The van der Waals surface area contributed by atoms with Crippen molar-refractivity contribution in [1.82, 2.24) is 14.8 Å². The Labute approximate surface area is 139 Å². The molecule has 0 radical (unpaired) electrons. The fraction of sp³-hybridized carbons (Fsp3) is 0.235. The molecule has 0 bridgehead atoms. The van der Waals surface area contributed by atoms with Crippen LogP contribution in [0.3, 0.4) is 0 Å². The maximum atomic E-state index is 12.4. The molecule has 1 N–H and O–H groups in total. The van der Waals surface area contributed by atoms with Crippen molar-refractivity contribution in [2.24, 2.45) is 0 Å². The minimum atomic E-state index is -0.150. The van der Waals surface area contributed by atoms with E-state index in [4.69, 9.17) is 0 Å². The number of unbranched alkanes of at least 4 members (excludes halogenated alkanes) is 1. The molecule has 3 aromatic rings. The normalized spacial score (nSPS) is 10.7. The van der Waals surface area contributed by atoms with Gasteiger partial charge >= 0.3 is 0 Å². The number of thiazole rings is 1. The number of carbonyl (C=O) groups is 1. The number of nitrogens with one attached hydrogen (secondary N) is 1. The highest BCUT2D eigenvalue weighted by Crippen LogP contribution is 2.25. The highest BCUT2D eigenvalue weighted by molar-refractivity contribution is 7.17. The number of benzene rings is 1. The highest BCUT2D eigenvalue weighted by atomic mass is 32.1. The summed E-state index contributed by atoms with van der Waals surface area (Å²) in [7, 11) is 0. The van der Waals surface area contributed by atoms with Gasteiger partial charge in [-0.05, 0) is 6.42 Å². The molecule has 0 atom stereocenters. The van der Waals surface area contributed by atoms with Gasteiger partial charge in [0.15, 0.2) is 0 Å². The molecule has 0 saturated heterocycles. The fourth-order valence-electron chi connectivity index (χ4n) is 2.20. The van der Waals surface area contributed by atoms with E-state index in [9.17, 15) is 4.79 Å². The van der Waals surface area contributed by atoms with Gasteiger partial charge in [0.05, 0.1) is 12.4 Å². The summed E-state index contributed by atoms with van der Waals surface area (Å²) < 4.78 is 1.82. The van der Waals surface area contributed by atoms with Gasteiger partial charge in [-0.1, -0.05) is 43.7 Å². The van der Waals surface area contributed by atoms with Crippen molar-refractivity contribution in [3.8, 4) is 10.6 Å². The Morgan fingerprint density at radius 1 is 1.26 bits per heavy atom. The largest absolute Gasteiger partial charge is 0.306 e.